The Bertz CT molecular complexity index is 755. The van der Waals surface area contributed by atoms with E-state index in [4.69, 9.17) is 9.47 Å². The van der Waals surface area contributed by atoms with Gasteiger partial charge in [-0.3, -0.25) is 9.78 Å². The third kappa shape index (κ3) is 4.86. The molecule has 0 N–H and O–H groups in total. The first-order valence-corrected chi connectivity index (χ1v) is 9.85. The van der Waals surface area contributed by atoms with Crippen LogP contribution in [0, 0.1) is 0 Å². The molecule has 1 aromatic carbocycles. The number of carbonyl (C=O) groups is 1. The van der Waals surface area contributed by atoms with E-state index in [-0.39, 0.29) is 12.0 Å². The molecule has 1 saturated carbocycles. The molecule has 2 heterocycles. The summed E-state index contributed by atoms with van der Waals surface area (Å²) in [5, 5.41) is 0. The minimum Gasteiger partial charge on any atom is -0.491 e. The van der Waals surface area contributed by atoms with Crippen LogP contribution < -0.4 is 4.74 Å². The molecular weight excluding hydrogens is 340 g/mol. The molecule has 0 unspecified atom stereocenters. The van der Waals surface area contributed by atoms with Crippen molar-refractivity contribution < 1.29 is 14.3 Å². The average molecular weight is 366 g/mol. The topological polar surface area (TPSA) is 51.7 Å². The number of carbonyl (C=O) groups excluding carboxylic acids is 1. The number of rotatable bonds is 7. The molecular formula is C22H26N2O3. The van der Waals surface area contributed by atoms with Gasteiger partial charge in [-0.25, -0.2) is 0 Å². The van der Waals surface area contributed by atoms with Gasteiger partial charge >= 0.3 is 0 Å². The Balaban J connectivity index is 1.40. The predicted molar refractivity (Wildman–Crippen MR) is 103 cm³/mol. The van der Waals surface area contributed by atoms with Crippen LogP contribution in [0.15, 0.2) is 48.7 Å². The number of ether oxygens (including phenoxy) is 2. The van der Waals surface area contributed by atoms with E-state index in [9.17, 15) is 4.79 Å². The van der Waals surface area contributed by atoms with Crippen molar-refractivity contribution in [3.63, 3.8) is 0 Å². The highest BCUT2D eigenvalue weighted by atomic mass is 16.5. The van der Waals surface area contributed by atoms with Crippen molar-refractivity contribution in [2.24, 2.45) is 0 Å². The summed E-state index contributed by atoms with van der Waals surface area (Å²) in [4.78, 5) is 19.0. The van der Waals surface area contributed by atoms with E-state index < -0.39 is 0 Å². The van der Waals surface area contributed by atoms with Gasteiger partial charge in [0.05, 0.1) is 6.10 Å². The van der Waals surface area contributed by atoms with Crippen LogP contribution >= 0.6 is 0 Å². The molecule has 1 atom stereocenters. The summed E-state index contributed by atoms with van der Waals surface area (Å²) in [6, 6.07) is 13.8. The van der Waals surface area contributed by atoms with Crippen molar-refractivity contribution in [1.82, 2.24) is 9.88 Å². The maximum absolute atomic E-state index is 12.9. The van der Waals surface area contributed by atoms with E-state index in [1.54, 1.807) is 12.3 Å². The third-order valence-electron chi connectivity index (χ3n) is 5.09. The molecule has 0 radical (unpaired) electrons. The quantitative estimate of drug-likeness (QED) is 0.747. The molecule has 1 amide bonds. The van der Waals surface area contributed by atoms with Crippen LogP contribution in [0.2, 0.25) is 0 Å². The van der Waals surface area contributed by atoms with Gasteiger partial charge in [0.2, 0.25) is 0 Å². The minimum atomic E-state index is 0.0000250. The van der Waals surface area contributed by atoms with E-state index in [0.29, 0.717) is 24.9 Å². The summed E-state index contributed by atoms with van der Waals surface area (Å²) in [7, 11) is 0. The van der Waals surface area contributed by atoms with Gasteiger partial charge < -0.3 is 14.4 Å². The number of aromatic nitrogens is 1. The summed E-state index contributed by atoms with van der Waals surface area (Å²) in [6.45, 7) is 2.00. The molecule has 142 valence electrons. The highest BCUT2D eigenvalue weighted by molar-refractivity contribution is 5.92. The molecule has 1 aliphatic heterocycles. The number of nitrogens with zero attached hydrogens (tertiary/aromatic N) is 2. The average Bonchev–Trinajstić information content (AvgIpc) is 3.57. The first-order valence-electron chi connectivity index (χ1n) is 9.85. The van der Waals surface area contributed by atoms with Crippen LogP contribution in [0.25, 0.3) is 0 Å². The minimum absolute atomic E-state index is 0.0000250. The van der Waals surface area contributed by atoms with Crippen molar-refractivity contribution in [3.05, 3.63) is 59.9 Å². The first-order chi connectivity index (χ1) is 13.3. The van der Waals surface area contributed by atoms with Gasteiger partial charge in [0.15, 0.2) is 0 Å². The van der Waals surface area contributed by atoms with Crippen LogP contribution in [-0.4, -0.2) is 41.2 Å². The second-order valence-corrected chi connectivity index (χ2v) is 7.33. The van der Waals surface area contributed by atoms with Gasteiger partial charge in [0, 0.05) is 25.4 Å². The second kappa shape index (κ2) is 8.53. The van der Waals surface area contributed by atoms with Crippen LogP contribution in [0.4, 0.5) is 0 Å². The molecule has 2 aliphatic rings. The lowest BCUT2D eigenvalue weighted by molar-refractivity contribution is -0.0110. The Hall–Kier alpha value is -2.40. The van der Waals surface area contributed by atoms with Crippen LogP contribution in [-0.2, 0) is 11.3 Å². The van der Waals surface area contributed by atoms with Gasteiger partial charge in [-0.15, -0.1) is 0 Å². The zero-order chi connectivity index (χ0) is 18.5. The van der Waals surface area contributed by atoms with Crippen LogP contribution in [0.3, 0.4) is 0 Å². The molecule has 1 aliphatic carbocycles. The third-order valence-corrected chi connectivity index (χ3v) is 5.09. The van der Waals surface area contributed by atoms with Gasteiger partial charge in [-0.05, 0) is 61.9 Å². The van der Waals surface area contributed by atoms with Crippen LogP contribution in [0.1, 0.15) is 48.2 Å². The Labute approximate surface area is 160 Å². The second-order valence-electron chi connectivity index (χ2n) is 7.33. The van der Waals surface area contributed by atoms with E-state index >= 15 is 0 Å². The maximum Gasteiger partial charge on any atom is 0.272 e. The molecule has 0 bridgehead atoms. The molecule has 1 saturated heterocycles. The fourth-order valence-electron chi connectivity index (χ4n) is 3.45. The largest absolute Gasteiger partial charge is 0.491 e. The lowest BCUT2D eigenvalue weighted by Crippen LogP contribution is -2.33. The monoisotopic (exact) mass is 366 g/mol. The highest BCUT2D eigenvalue weighted by Gasteiger charge is 2.33. The first kappa shape index (κ1) is 18.0. The molecule has 0 spiro atoms. The fourth-order valence-corrected chi connectivity index (χ4v) is 3.45. The smallest absolute Gasteiger partial charge is 0.272 e. The van der Waals surface area contributed by atoms with Crippen LogP contribution in [0.5, 0.6) is 5.75 Å². The van der Waals surface area contributed by atoms with Gasteiger partial charge in [-0.1, -0.05) is 18.2 Å². The molecule has 27 heavy (non-hydrogen) atoms. The molecule has 2 fully saturated rings. The highest BCUT2D eigenvalue weighted by Crippen LogP contribution is 2.30. The molecule has 1 aromatic heterocycles. The fraction of sp³-hybridized carbons (Fsp3) is 0.455. The summed E-state index contributed by atoms with van der Waals surface area (Å²) in [6.07, 6.45) is 7.40. The SMILES string of the molecule is O=C(c1ccccn1)N(Cc1cccc(OC[C@@H]2CCCCO2)c1)C1CC1. The van der Waals surface area contributed by atoms with E-state index in [0.717, 1.165) is 43.6 Å². The molecule has 5 nitrogen and oxygen atoms in total. The van der Waals surface area contributed by atoms with Gasteiger partial charge in [0.25, 0.3) is 5.91 Å². The number of hydrogen-bond donors (Lipinski definition) is 0. The Morgan fingerprint density at radius 2 is 2.07 bits per heavy atom. The zero-order valence-electron chi connectivity index (χ0n) is 15.5. The lowest BCUT2D eigenvalue weighted by Gasteiger charge is -2.24. The predicted octanol–water partition coefficient (Wildman–Crippen LogP) is 3.83. The lowest BCUT2D eigenvalue weighted by atomic mass is 10.1. The molecule has 5 heteroatoms. The van der Waals surface area contributed by atoms with Crippen molar-refractivity contribution in [3.8, 4) is 5.75 Å². The van der Waals surface area contributed by atoms with E-state index in [1.807, 2.05) is 41.3 Å². The zero-order valence-corrected chi connectivity index (χ0v) is 15.5. The van der Waals surface area contributed by atoms with Crippen molar-refractivity contribution in [2.45, 2.75) is 50.8 Å². The summed E-state index contributed by atoms with van der Waals surface area (Å²) in [5.41, 5.74) is 1.58. The maximum atomic E-state index is 12.9. The van der Waals surface area contributed by atoms with Crippen molar-refractivity contribution in [1.29, 1.82) is 0 Å². The molecule has 2 aromatic rings. The number of amides is 1. The number of pyridine rings is 1. The number of benzene rings is 1. The summed E-state index contributed by atoms with van der Waals surface area (Å²) in [5.74, 6) is 0.836. The summed E-state index contributed by atoms with van der Waals surface area (Å²) < 4.78 is 11.7. The van der Waals surface area contributed by atoms with Crippen molar-refractivity contribution >= 4 is 5.91 Å². The molecule has 4 rings (SSSR count). The van der Waals surface area contributed by atoms with Gasteiger partial charge in [-0.2, -0.15) is 0 Å². The van der Waals surface area contributed by atoms with Gasteiger partial charge in [0.1, 0.15) is 18.1 Å². The Morgan fingerprint density at radius 1 is 1.15 bits per heavy atom. The van der Waals surface area contributed by atoms with E-state index in [2.05, 4.69) is 4.98 Å². The standard InChI is InChI=1S/C22H26N2O3/c25-22(21-9-1-3-12-23-21)24(18-10-11-18)15-17-6-5-8-19(14-17)27-16-20-7-2-4-13-26-20/h1,3,5-6,8-9,12,14,18,20H,2,4,7,10-11,13,15-16H2/t20-/m0/s1. The Kier molecular flexibility index (Phi) is 5.68. The van der Waals surface area contributed by atoms with Crippen molar-refractivity contribution in [2.75, 3.05) is 13.2 Å². The van der Waals surface area contributed by atoms with E-state index in [1.165, 1.54) is 6.42 Å². The number of hydrogen-bond acceptors (Lipinski definition) is 4. The summed E-state index contributed by atoms with van der Waals surface area (Å²) >= 11 is 0. The Morgan fingerprint density at radius 3 is 2.81 bits per heavy atom. The normalized spacial score (nSPS) is 19.5.